The number of nitrogens with one attached hydrogen (secondary N) is 1. The van der Waals surface area contributed by atoms with E-state index < -0.39 is 28.0 Å². The molecule has 17 heavy (non-hydrogen) atoms. The van der Waals surface area contributed by atoms with Crippen molar-refractivity contribution in [2.75, 3.05) is 5.32 Å². The van der Waals surface area contributed by atoms with Gasteiger partial charge in [-0.25, -0.2) is 9.18 Å². The van der Waals surface area contributed by atoms with E-state index in [1.165, 1.54) is 0 Å². The number of carboxylic acids is 1. The van der Waals surface area contributed by atoms with Gasteiger partial charge in [0.15, 0.2) is 0 Å². The fourth-order valence-corrected chi connectivity index (χ4v) is 1.51. The van der Waals surface area contributed by atoms with E-state index in [1.807, 2.05) is 0 Å². The van der Waals surface area contributed by atoms with Gasteiger partial charge in [0.05, 0.1) is 4.92 Å². The second-order valence-electron chi connectivity index (χ2n) is 3.80. The number of benzene rings is 1. The number of hydrogen-bond acceptors (Lipinski definition) is 4. The number of nitro benzene ring substituents is 1. The maximum absolute atomic E-state index is 13.4. The van der Waals surface area contributed by atoms with Gasteiger partial charge in [-0.3, -0.25) is 10.1 Å². The van der Waals surface area contributed by atoms with Crippen LogP contribution in [0.3, 0.4) is 0 Å². The van der Waals surface area contributed by atoms with Crippen molar-refractivity contribution in [3.8, 4) is 0 Å². The lowest BCUT2D eigenvalue weighted by Crippen LogP contribution is -2.12. The summed E-state index contributed by atoms with van der Waals surface area (Å²) in [5.74, 6) is -2.50. The van der Waals surface area contributed by atoms with Crippen molar-refractivity contribution in [1.82, 2.24) is 0 Å². The van der Waals surface area contributed by atoms with Gasteiger partial charge < -0.3 is 10.4 Å². The van der Waals surface area contributed by atoms with Crippen molar-refractivity contribution in [3.05, 3.63) is 33.6 Å². The zero-order valence-corrected chi connectivity index (χ0v) is 8.64. The largest absolute Gasteiger partial charge is 0.478 e. The summed E-state index contributed by atoms with van der Waals surface area (Å²) in [6, 6.07) is 1.75. The van der Waals surface area contributed by atoms with Crippen molar-refractivity contribution in [3.63, 3.8) is 0 Å². The molecule has 0 saturated heterocycles. The van der Waals surface area contributed by atoms with Crippen LogP contribution in [0.15, 0.2) is 12.1 Å². The molecule has 0 aliphatic heterocycles. The van der Waals surface area contributed by atoms with Crippen LogP contribution in [0.1, 0.15) is 23.2 Å². The highest BCUT2D eigenvalue weighted by molar-refractivity contribution is 5.97. The minimum absolute atomic E-state index is 0.00593. The van der Waals surface area contributed by atoms with Crippen LogP contribution in [0.2, 0.25) is 0 Å². The second-order valence-corrected chi connectivity index (χ2v) is 3.80. The van der Waals surface area contributed by atoms with Crippen molar-refractivity contribution >= 4 is 17.3 Å². The van der Waals surface area contributed by atoms with Gasteiger partial charge >= 0.3 is 5.97 Å². The second kappa shape index (κ2) is 4.00. The van der Waals surface area contributed by atoms with Gasteiger partial charge in [-0.15, -0.1) is 0 Å². The van der Waals surface area contributed by atoms with Crippen LogP contribution in [-0.4, -0.2) is 22.0 Å². The Bertz CT molecular complexity index is 499. The van der Waals surface area contributed by atoms with E-state index in [9.17, 15) is 19.3 Å². The molecular formula is C10H9FN2O4. The number of aromatic carboxylic acids is 1. The summed E-state index contributed by atoms with van der Waals surface area (Å²) in [6.45, 7) is 0. The Morgan fingerprint density at radius 3 is 2.65 bits per heavy atom. The number of carboxylic acid groups (broad SMARTS) is 1. The van der Waals surface area contributed by atoms with E-state index in [0.29, 0.717) is 0 Å². The molecule has 1 saturated carbocycles. The van der Waals surface area contributed by atoms with Gasteiger partial charge in [0.1, 0.15) is 17.1 Å². The molecule has 6 nitrogen and oxygen atoms in total. The van der Waals surface area contributed by atoms with Crippen LogP contribution in [-0.2, 0) is 0 Å². The molecule has 90 valence electrons. The molecule has 0 radical (unpaired) electrons. The molecule has 7 heteroatoms. The molecule has 0 unspecified atom stereocenters. The predicted molar refractivity (Wildman–Crippen MR) is 56.7 cm³/mol. The quantitative estimate of drug-likeness (QED) is 0.620. The third kappa shape index (κ3) is 2.17. The van der Waals surface area contributed by atoms with E-state index in [4.69, 9.17) is 5.11 Å². The molecule has 2 N–H and O–H groups in total. The zero-order chi connectivity index (χ0) is 12.6. The molecule has 0 spiro atoms. The van der Waals surface area contributed by atoms with Crippen molar-refractivity contribution in [2.45, 2.75) is 18.9 Å². The summed E-state index contributed by atoms with van der Waals surface area (Å²) >= 11 is 0. The van der Waals surface area contributed by atoms with Crippen molar-refractivity contribution in [2.24, 2.45) is 0 Å². The Kier molecular flexibility index (Phi) is 2.66. The Hall–Kier alpha value is -2.18. The number of carbonyl (C=O) groups is 1. The summed E-state index contributed by atoms with van der Waals surface area (Å²) in [7, 11) is 0. The monoisotopic (exact) mass is 240 g/mol. The molecule has 1 aromatic rings. The highest BCUT2D eigenvalue weighted by Gasteiger charge is 2.30. The highest BCUT2D eigenvalue weighted by atomic mass is 19.1. The summed E-state index contributed by atoms with van der Waals surface area (Å²) in [6.07, 6.45) is 1.60. The van der Waals surface area contributed by atoms with Crippen LogP contribution in [0, 0.1) is 15.9 Å². The van der Waals surface area contributed by atoms with Crippen molar-refractivity contribution in [1.29, 1.82) is 0 Å². The number of halogens is 1. The van der Waals surface area contributed by atoms with Gasteiger partial charge in [-0.2, -0.15) is 0 Å². The van der Waals surface area contributed by atoms with Crippen molar-refractivity contribution < 1.29 is 19.2 Å². The van der Waals surface area contributed by atoms with E-state index in [-0.39, 0.29) is 11.7 Å². The first-order valence-electron chi connectivity index (χ1n) is 4.97. The number of nitro groups is 1. The molecule has 2 rings (SSSR count). The third-order valence-corrected chi connectivity index (χ3v) is 2.47. The van der Waals surface area contributed by atoms with E-state index in [2.05, 4.69) is 5.32 Å². The van der Waals surface area contributed by atoms with Gasteiger partial charge in [0.25, 0.3) is 5.69 Å². The number of rotatable bonds is 4. The maximum atomic E-state index is 13.4. The summed E-state index contributed by atoms with van der Waals surface area (Å²) in [5, 5.41) is 22.3. The number of hydrogen-bond donors (Lipinski definition) is 2. The average Bonchev–Trinajstić information content (AvgIpc) is 3.00. The lowest BCUT2D eigenvalue weighted by molar-refractivity contribution is -0.384. The third-order valence-electron chi connectivity index (χ3n) is 2.47. The standard InChI is InChI=1S/C10H9FN2O4/c11-6-3-4-7(13(16)17)9(8(6)10(14)15)12-5-1-2-5/h3-5,12H,1-2H2,(H,14,15). The SMILES string of the molecule is O=C(O)c1c(F)ccc([N+](=O)[O-])c1NC1CC1. The number of anilines is 1. The molecule has 1 aliphatic carbocycles. The summed E-state index contributed by atoms with van der Waals surface area (Å²) < 4.78 is 13.4. The van der Waals surface area contributed by atoms with Gasteiger partial charge in [-0.05, 0) is 18.9 Å². The molecule has 0 atom stereocenters. The van der Waals surface area contributed by atoms with Crippen LogP contribution in [0.5, 0.6) is 0 Å². The van der Waals surface area contributed by atoms with Crippen LogP contribution >= 0.6 is 0 Å². The Labute approximate surface area is 95.2 Å². The van der Waals surface area contributed by atoms with Crippen LogP contribution < -0.4 is 5.32 Å². The summed E-state index contributed by atoms with van der Waals surface area (Å²) in [5.41, 5.74) is -1.34. The molecule has 1 aromatic carbocycles. The molecule has 0 amide bonds. The normalized spacial score (nSPS) is 14.4. The smallest absolute Gasteiger partial charge is 0.341 e. The van der Waals surface area contributed by atoms with E-state index >= 15 is 0 Å². The highest BCUT2D eigenvalue weighted by Crippen LogP contribution is 2.34. The maximum Gasteiger partial charge on any atom is 0.341 e. The molecule has 0 aromatic heterocycles. The number of nitrogens with zero attached hydrogens (tertiary/aromatic N) is 1. The average molecular weight is 240 g/mol. The fraction of sp³-hybridized carbons (Fsp3) is 0.300. The molecular weight excluding hydrogens is 231 g/mol. The lowest BCUT2D eigenvalue weighted by Gasteiger charge is -2.09. The molecule has 0 heterocycles. The lowest BCUT2D eigenvalue weighted by atomic mass is 10.1. The van der Waals surface area contributed by atoms with Gasteiger partial charge in [-0.1, -0.05) is 0 Å². The molecule has 1 fully saturated rings. The Balaban J connectivity index is 2.56. The topological polar surface area (TPSA) is 92.5 Å². The summed E-state index contributed by atoms with van der Waals surface area (Å²) in [4.78, 5) is 21.0. The minimum atomic E-state index is -1.52. The fourth-order valence-electron chi connectivity index (χ4n) is 1.51. The zero-order valence-electron chi connectivity index (χ0n) is 8.64. The molecule has 0 bridgehead atoms. The first-order chi connectivity index (χ1) is 8.00. The molecule has 1 aliphatic rings. The van der Waals surface area contributed by atoms with Crippen LogP contribution in [0.25, 0.3) is 0 Å². The predicted octanol–water partition coefficient (Wildman–Crippen LogP) is 2.01. The first-order valence-corrected chi connectivity index (χ1v) is 4.97. The van der Waals surface area contributed by atoms with Crippen LogP contribution in [0.4, 0.5) is 15.8 Å². The van der Waals surface area contributed by atoms with E-state index in [0.717, 1.165) is 25.0 Å². The first kappa shape index (κ1) is 11.3. The van der Waals surface area contributed by atoms with Gasteiger partial charge in [0, 0.05) is 12.1 Å². The Morgan fingerprint density at radius 2 is 2.18 bits per heavy atom. The van der Waals surface area contributed by atoms with Gasteiger partial charge in [0.2, 0.25) is 0 Å². The Morgan fingerprint density at radius 1 is 1.53 bits per heavy atom. The van der Waals surface area contributed by atoms with E-state index in [1.54, 1.807) is 0 Å². The minimum Gasteiger partial charge on any atom is -0.478 e.